The summed E-state index contributed by atoms with van der Waals surface area (Å²) in [7, 11) is 4.29. The molecule has 22 heavy (non-hydrogen) atoms. The summed E-state index contributed by atoms with van der Waals surface area (Å²) in [5, 5.41) is 2.78. The van der Waals surface area contributed by atoms with Gasteiger partial charge in [0.2, 0.25) is 0 Å². The average Bonchev–Trinajstić information content (AvgIpc) is 2.46. The number of nitrogens with zero attached hydrogens (tertiary/aromatic N) is 2. The molecule has 1 aromatic carbocycles. The first-order chi connectivity index (χ1) is 10.5. The van der Waals surface area contributed by atoms with Gasteiger partial charge in [-0.05, 0) is 65.0 Å². The second-order valence-electron chi connectivity index (χ2n) is 6.27. The molecule has 1 heterocycles. The maximum absolute atomic E-state index is 11.7. The Kier molecular flexibility index (Phi) is 5.66. The molecule has 0 unspecified atom stereocenters. The van der Waals surface area contributed by atoms with Crippen LogP contribution in [0.4, 0.5) is 16.2 Å². The van der Waals surface area contributed by atoms with Crippen molar-refractivity contribution in [3.05, 3.63) is 24.3 Å². The number of hydrogen-bond donors (Lipinski definition) is 1. The third kappa shape index (κ3) is 4.63. The number of carbonyl (C=O) groups excluding carboxylic acids is 1. The van der Waals surface area contributed by atoms with E-state index in [1.807, 2.05) is 32.0 Å². The van der Waals surface area contributed by atoms with Gasteiger partial charge in [-0.25, -0.2) is 4.79 Å². The molecule has 122 valence electrons. The van der Waals surface area contributed by atoms with E-state index in [1.165, 1.54) is 12.8 Å². The quantitative estimate of drug-likeness (QED) is 0.928. The largest absolute Gasteiger partial charge is 0.447 e. The van der Waals surface area contributed by atoms with Gasteiger partial charge in [0, 0.05) is 24.5 Å². The summed E-state index contributed by atoms with van der Waals surface area (Å²) in [6.07, 6.45) is 1.80. The van der Waals surface area contributed by atoms with Crippen LogP contribution in [0.5, 0.6) is 0 Å². The number of rotatable bonds is 4. The van der Waals surface area contributed by atoms with Crippen LogP contribution in [0.2, 0.25) is 0 Å². The summed E-state index contributed by atoms with van der Waals surface area (Å²) in [5.74, 6) is 0. The van der Waals surface area contributed by atoms with Gasteiger partial charge >= 0.3 is 6.09 Å². The minimum absolute atomic E-state index is 0.120. The summed E-state index contributed by atoms with van der Waals surface area (Å²) in [4.78, 5) is 16.4. The predicted octanol–water partition coefficient (Wildman–Crippen LogP) is 3.17. The van der Waals surface area contributed by atoms with Gasteiger partial charge in [0.15, 0.2) is 0 Å². The van der Waals surface area contributed by atoms with Crippen LogP contribution in [0.1, 0.15) is 26.7 Å². The standard InChI is InChI=1S/C17H27N3O2/c1-13(2)22-17(21)18-14-6-5-7-16(12-14)20(4)15-8-10-19(3)11-9-15/h5-7,12-13,15H,8-11H2,1-4H3,(H,18,21). The van der Waals surface area contributed by atoms with Crippen LogP contribution in [0.25, 0.3) is 0 Å². The molecule has 1 N–H and O–H groups in total. The number of benzene rings is 1. The van der Waals surface area contributed by atoms with Crippen molar-refractivity contribution in [1.82, 2.24) is 4.90 Å². The van der Waals surface area contributed by atoms with Gasteiger partial charge in [-0.3, -0.25) is 5.32 Å². The highest BCUT2D eigenvalue weighted by molar-refractivity contribution is 5.85. The van der Waals surface area contributed by atoms with E-state index in [2.05, 4.69) is 35.3 Å². The minimum Gasteiger partial charge on any atom is -0.447 e. The molecular formula is C17H27N3O2. The molecule has 5 nitrogen and oxygen atoms in total. The van der Waals surface area contributed by atoms with Gasteiger partial charge in [0.05, 0.1) is 6.10 Å². The summed E-state index contributed by atoms with van der Waals surface area (Å²) in [5.41, 5.74) is 1.89. The maximum atomic E-state index is 11.7. The topological polar surface area (TPSA) is 44.8 Å². The van der Waals surface area contributed by atoms with E-state index in [4.69, 9.17) is 4.74 Å². The molecule has 0 spiro atoms. The van der Waals surface area contributed by atoms with Crippen LogP contribution < -0.4 is 10.2 Å². The van der Waals surface area contributed by atoms with Gasteiger partial charge in [0.25, 0.3) is 0 Å². The van der Waals surface area contributed by atoms with Crippen molar-refractivity contribution in [2.45, 2.75) is 38.8 Å². The van der Waals surface area contributed by atoms with Crippen molar-refractivity contribution in [3.63, 3.8) is 0 Å². The Bertz CT molecular complexity index is 496. The van der Waals surface area contributed by atoms with Crippen molar-refractivity contribution < 1.29 is 9.53 Å². The lowest BCUT2D eigenvalue weighted by molar-refractivity contribution is 0.130. The van der Waals surface area contributed by atoms with E-state index in [9.17, 15) is 4.79 Å². The van der Waals surface area contributed by atoms with Crippen LogP contribution in [0, 0.1) is 0 Å². The fourth-order valence-corrected chi connectivity index (χ4v) is 2.76. The molecule has 0 bridgehead atoms. The SMILES string of the molecule is CC(C)OC(=O)Nc1cccc(N(C)C2CCN(C)CC2)c1. The van der Waals surface area contributed by atoms with Gasteiger partial charge in [-0.2, -0.15) is 0 Å². The molecule has 0 atom stereocenters. The van der Waals surface area contributed by atoms with Crippen LogP contribution >= 0.6 is 0 Å². The van der Waals surface area contributed by atoms with E-state index in [-0.39, 0.29) is 6.10 Å². The third-order valence-electron chi connectivity index (χ3n) is 4.08. The van der Waals surface area contributed by atoms with Crippen LogP contribution in [0.15, 0.2) is 24.3 Å². The predicted molar refractivity (Wildman–Crippen MR) is 90.6 cm³/mol. The lowest BCUT2D eigenvalue weighted by atomic mass is 10.0. The fourth-order valence-electron chi connectivity index (χ4n) is 2.76. The second kappa shape index (κ2) is 7.49. The highest BCUT2D eigenvalue weighted by Gasteiger charge is 2.21. The van der Waals surface area contributed by atoms with Crippen molar-refractivity contribution >= 4 is 17.5 Å². The van der Waals surface area contributed by atoms with Crippen molar-refractivity contribution in [1.29, 1.82) is 0 Å². The van der Waals surface area contributed by atoms with Gasteiger partial charge in [-0.1, -0.05) is 6.07 Å². The zero-order valence-corrected chi connectivity index (χ0v) is 14.0. The molecule has 1 aromatic rings. The number of carbonyl (C=O) groups is 1. The van der Waals surface area contributed by atoms with Gasteiger partial charge in [-0.15, -0.1) is 0 Å². The molecule has 5 heteroatoms. The molecular weight excluding hydrogens is 278 g/mol. The van der Waals surface area contributed by atoms with E-state index < -0.39 is 6.09 Å². The Morgan fingerprint density at radius 1 is 1.36 bits per heavy atom. The first-order valence-corrected chi connectivity index (χ1v) is 7.95. The first kappa shape index (κ1) is 16.6. The molecule has 1 amide bonds. The summed E-state index contributed by atoms with van der Waals surface area (Å²) >= 11 is 0. The maximum Gasteiger partial charge on any atom is 0.411 e. The third-order valence-corrected chi connectivity index (χ3v) is 4.08. The number of piperidine rings is 1. The smallest absolute Gasteiger partial charge is 0.411 e. The summed E-state index contributed by atoms with van der Waals surface area (Å²) in [6.45, 7) is 5.94. The number of hydrogen-bond acceptors (Lipinski definition) is 4. The molecule has 0 radical (unpaired) electrons. The number of anilines is 2. The van der Waals surface area contributed by atoms with Crippen LogP contribution in [0.3, 0.4) is 0 Å². The van der Waals surface area contributed by atoms with Gasteiger partial charge in [0.1, 0.15) is 0 Å². The van der Waals surface area contributed by atoms with E-state index in [0.29, 0.717) is 6.04 Å². The van der Waals surface area contributed by atoms with E-state index in [1.54, 1.807) is 0 Å². The Morgan fingerprint density at radius 2 is 2.05 bits per heavy atom. The zero-order chi connectivity index (χ0) is 16.1. The summed E-state index contributed by atoms with van der Waals surface area (Å²) < 4.78 is 5.11. The Hall–Kier alpha value is -1.75. The number of amides is 1. The van der Waals surface area contributed by atoms with Crippen molar-refractivity contribution in [2.24, 2.45) is 0 Å². The minimum atomic E-state index is -0.408. The highest BCUT2D eigenvalue weighted by Crippen LogP contribution is 2.24. The molecule has 0 aliphatic carbocycles. The fraction of sp³-hybridized carbons (Fsp3) is 0.588. The molecule has 1 aliphatic rings. The van der Waals surface area contributed by atoms with Crippen LogP contribution in [-0.2, 0) is 4.74 Å². The highest BCUT2D eigenvalue weighted by atomic mass is 16.6. The van der Waals surface area contributed by atoms with Crippen molar-refractivity contribution in [2.75, 3.05) is 37.4 Å². The average molecular weight is 305 g/mol. The Labute approximate surface area is 133 Å². The normalized spacial score (nSPS) is 16.6. The number of likely N-dealkylation sites (tertiary alicyclic amines) is 1. The lowest BCUT2D eigenvalue weighted by Crippen LogP contribution is -2.42. The first-order valence-electron chi connectivity index (χ1n) is 7.95. The molecule has 1 aliphatic heterocycles. The monoisotopic (exact) mass is 305 g/mol. The Morgan fingerprint density at radius 3 is 2.68 bits per heavy atom. The zero-order valence-electron chi connectivity index (χ0n) is 14.0. The molecule has 0 saturated carbocycles. The van der Waals surface area contributed by atoms with E-state index >= 15 is 0 Å². The lowest BCUT2D eigenvalue weighted by Gasteiger charge is -2.36. The van der Waals surface area contributed by atoms with Crippen molar-refractivity contribution in [3.8, 4) is 0 Å². The molecule has 1 fully saturated rings. The second-order valence-corrected chi connectivity index (χ2v) is 6.27. The van der Waals surface area contributed by atoms with Gasteiger partial charge < -0.3 is 14.5 Å². The van der Waals surface area contributed by atoms with Crippen LogP contribution in [-0.4, -0.2) is 50.3 Å². The number of nitrogens with one attached hydrogen (secondary N) is 1. The number of ether oxygens (including phenoxy) is 1. The molecule has 2 rings (SSSR count). The molecule has 0 aromatic heterocycles. The van der Waals surface area contributed by atoms with E-state index in [0.717, 1.165) is 24.5 Å². The Balaban J connectivity index is 1.99. The molecule has 1 saturated heterocycles. The summed E-state index contributed by atoms with van der Waals surface area (Å²) in [6, 6.07) is 8.48.